The van der Waals surface area contributed by atoms with E-state index in [2.05, 4.69) is 5.32 Å². The van der Waals surface area contributed by atoms with Crippen molar-refractivity contribution in [3.8, 4) is 0 Å². The van der Waals surface area contributed by atoms with Gasteiger partial charge >= 0.3 is 6.09 Å². The van der Waals surface area contributed by atoms with Crippen LogP contribution in [0.3, 0.4) is 0 Å². The van der Waals surface area contributed by atoms with Crippen LogP contribution in [0.4, 0.5) is 4.79 Å². The molecule has 0 radical (unpaired) electrons. The summed E-state index contributed by atoms with van der Waals surface area (Å²) in [5.74, 6) is 0.0446. The summed E-state index contributed by atoms with van der Waals surface area (Å²) < 4.78 is 5.35. The normalized spacial score (nSPS) is 14.5. The molecule has 1 rings (SSSR count). The summed E-state index contributed by atoms with van der Waals surface area (Å²) in [5.41, 5.74) is 0.533. The first kappa shape index (κ1) is 20.5. The van der Waals surface area contributed by atoms with E-state index in [1.807, 2.05) is 76.8 Å². The maximum atomic E-state index is 12.1. The number of amides is 1. The molecule has 0 spiro atoms. The maximum Gasteiger partial charge on any atom is 0.408 e. The number of aliphatic hydroxyl groups excluding tert-OH is 1. The summed E-state index contributed by atoms with van der Waals surface area (Å²) >= 11 is 0. The minimum atomic E-state index is -0.662. The summed E-state index contributed by atoms with van der Waals surface area (Å²) in [6, 6.07) is 9.93. The van der Waals surface area contributed by atoms with Gasteiger partial charge in [0.05, 0.1) is 6.17 Å². The minimum absolute atomic E-state index is 0.0446. The molecule has 2 N–H and O–H groups in total. The van der Waals surface area contributed by atoms with Crippen molar-refractivity contribution in [2.75, 3.05) is 0 Å². The topological polar surface area (TPSA) is 61.8 Å². The highest BCUT2D eigenvalue weighted by molar-refractivity contribution is 5.68. The Hall–Kier alpha value is -1.59. The standard InChI is InChI=1S/C19H32N2O3/c1-7-16(20-18(23)24-19(4,5)6)21(17(22)14(2)3)13-15-11-9-8-10-12-15/h8-12,14,16-17,22H,7,13H2,1-6H3,(H,20,23). The molecule has 0 heterocycles. The SMILES string of the molecule is CCC(NC(=O)OC(C)(C)C)N(Cc1ccccc1)C(O)C(C)C. The van der Waals surface area contributed by atoms with E-state index in [9.17, 15) is 9.90 Å². The molecule has 24 heavy (non-hydrogen) atoms. The predicted molar refractivity (Wildman–Crippen MR) is 96.3 cm³/mol. The second-order valence-corrected chi connectivity index (χ2v) is 7.39. The van der Waals surface area contributed by atoms with E-state index in [1.54, 1.807) is 0 Å². The number of nitrogens with one attached hydrogen (secondary N) is 1. The molecule has 1 amide bonds. The summed E-state index contributed by atoms with van der Waals surface area (Å²) in [6.07, 6.45) is -0.776. The predicted octanol–water partition coefficient (Wildman–Crippen LogP) is 3.72. The third-order valence-electron chi connectivity index (χ3n) is 3.61. The molecule has 0 aromatic heterocycles. The van der Waals surface area contributed by atoms with Gasteiger partial charge in [0.1, 0.15) is 11.8 Å². The summed E-state index contributed by atoms with van der Waals surface area (Å²) in [5, 5.41) is 13.5. The molecule has 2 unspecified atom stereocenters. The fraction of sp³-hybridized carbons (Fsp3) is 0.632. The Balaban J connectivity index is 2.91. The van der Waals surface area contributed by atoms with E-state index in [0.29, 0.717) is 13.0 Å². The highest BCUT2D eigenvalue weighted by Crippen LogP contribution is 2.17. The Morgan fingerprint density at radius 1 is 1.25 bits per heavy atom. The number of aliphatic hydroxyl groups is 1. The van der Waals surface area contributed by atoms with Gasteiger partial charge in [0.2, 0.25) is 0 Å². The molecule has 0 fully saturated rings. The summed E-state index contributed by atoms with van der Waals surface area (Å²) in [4.78, 5) is 14.0. The van der Waals surface area contributed by atoms with Gasteiger partial charge in [0.25, 0.3) is 0 Å². The van der Waals surface area contributed by atoms with Crippen molar-refractivity contribution >= 4 is 6.09 Å². The number of hydrogen-bond donors (Lipinski definition) is 2. The van der Waals surface area contributed by atoms with Crippen molar-refractivity contribution in [3.63, 3.8) is 0 Å². The number of carbonyl (C=O) groups is 1. The Kier molecular flexibility index (Phi) is 7.70. The molecular weight excluding hydrogens is 304 g/mol. The molecule has 0 aliphatic rings. The fourth-order valence-corrected chi connectivity index (χ4v) is 2.43. The van der Waals surface area contributed by atoms with Crippen molar-refractivity contribution in [2.45, 2.75) is 72.5 Å². The lowest BCUT2D eigenvalue weighted by atomic mass is 10.1. The van der Waals surface area contributed by atoms with E-state index in [0.717, 1.165) is 5.56 Å². The molecule has 5 nitrogen and oxygen atoms in total. The van der Waals surface area contributed by atoms with Gasteiger partial charge in [-0.3, -0.25) is 4.90 Å². The number of hydrogen-bond acceptors (Lipinski definition) is 4. The molecule has 0 saturated carbocycles. The lowest BCUT2D eigenvalue weighted by molar-refractivity contribution is -0.0700. The van der Waals surface area contributed by atoms with Gasteiger partial charge in [0.15, 0.2) is 0 Å². The number of carbonyl (C=O) groups excluding carboxylic acids is 1. The molecule has 1 aromatic rings. The zero-order valence-corrected chi connectivity index (χ0v) is 15.7. The van der Waals surface area contributed by atoms with Crippen LogP contribution in [0.15, 0.2) is 30.3 Å². The Morgan fingerprint density at radius 3 is 2.29 bits per heavy atom. The van der Waals surface area contributed by atoms with Gasteiger partial charge in [-0.25, -0.2) is 4.79 Å². The summed E-state index contributed by atoms with van der Waals surface area (Å²) in [7, 11) is 0. The van der Waals surface area contributed by atoms with Crippen LogP contribution in [0.1, 0.15) is 53.5 Å². The summed E-state index contributed by atoms with van der Waals surface area (Å²) in [6.45, 7) is 11.9. The van der Waals surface area contributed by atoms with Gasteiger partial charge in [0, 0.05) is 6.54 Å². The molecule has 1 aromatic carbocycles. The number of rotatable bonds is 7. The number of nitrogens with zero attached hydrogens (tertiary/aromatic N) is 1. The van der Waals surface area contributed by atoms with Gasteiger partial charge in [-0.05, 0) is 38.7 Å². The zero-order valence-electron chi connectivity index (χ0n) is 15.7. The smallest absolute Gasteiger partial charge is 0.408 e. The molecule has 0 saturated heterocycles. The molecule has 0 aliphatic carbocycles. The van der Waals surface area contributed by atoms with Crippen LogP contribution < -0.4 is 5.32 Å². The van der Waals surface area contributed by atoms with Crippen molar-refractivity contribution in [3.05, 3.63) is 35.9 Å². The van der Waals surface area contributed by atoms with Gasteiger partial charge in [-0.15, -0.1) is 0 Å². The van der Waals surface area contributed by atoms with Crippen molar-refractivity contribution in [1.29, 1.82) is 0 Å². The van der Waals surface area contributed by atoms with Crippen LogP contribution in [0.2, 0.25) is 0 Å². The Bertz CT molecular complexity index is 497. The van der Waals surface area contributed by atoms with Gasteiger partial charge in [-0.1, -0.05) is 51.1 Å². The number of ether oxygens (including phenoxy) is 1. The molecule has 0 aliphatic heterocycles. The highest BCUT2D eigenvalue weighted by Gasteiger charge is 2.28. The molecule has 5 heteroatoms. The van der Waals surface area contributed by atoms with Crippen LogP contribution in [-0.4, -0.2) is 34.1 Å². The number of alkyl carbamates (subject to hydrolysis) is 1. The van der Waals surface area contributed by atoms with E-state index < -0.39 is 17.9 Å². The lowest BCUT2D eigenvalue weighted by Gasteiger charge is -2.37. The second-order valence-electron chi connectivity index (χ2n) is 7.39. The second kappa shape index (κ2) is 9.04. The quantitative estimate of drug-likeness (QED) is 0.745. The van der Waals surface area contributed by atoms with Gasteiger partial charge < -0.3 is 15.2 Å². The average molecular weight is 336 g/mol. The third kappa shape index (κ3) is 6.89. The van der Waals surface area contributed by atoms with E-state index in [1.165, 1.54) is 0 Å². The van der Waals surface area contributed by atoms with Crippen molar-refractivity contribution in [1.82, 2.24) is 10.2 Å². The maximum absolute atomic E-state index is 12.1. The largest absolute Gasteiger partial charge is 0.444 e. The van der Waals surface area contributed by atoms with Crippen LogP contribution >= 0.6 is 0 Å². The first-order valence-electron chi connectivity index (χ1n) is 8.61. The van der Waals surface area contributed by atoms with Crippen LogP contribution in [0.25, 0.3) is 0 Å². The van der Waals surface area contributed by atoms with Gasteiger partial charge in [-0.2, -0.15) is 0 Å². The zero-order chi connectivity index (χ0) is 18.3. The number of benzene rings is 1. The van der Waals surface area contributed by atoms with E-state index >= 15 is 0 Å². The van der Waals surface area contributed by atoms with E-state index in [-0.39, 0.29) is 12.1 Å². The Labute approximate surface area is 146 Å². The van der Waals surface area contributed by atoms with E-state index in [4.69, 9.17) is 4.74 Å². The van der Waals surface area contributed by atoms with Crippen LogP contribution in [0, 0.1) is 5.92 Å². The van der Waals surface area contributed by atoms with Crippen LogP contribution in [-0.2, 0) is 11.3 Å². The first-order valence-corrected chi connectivity index (χ1v) is 8.61. The molecule has 136 valence electrons. The fourth-order valence-electron chi connectivity index (χ4n) is 2.43. The minimum Gasteiger partial charge on any atom is -0.444 e. The van der Waals surface area contributed by atoms with Crippen molar-refractivity contribution in [2.24, 2.45) is 5.92 Å². The first-order chi connectivity index (χ1) is 11.1. The Morgan fingerprint density at radius 2 is 1.83 bits per heavy atom. The van der Waals surface area contributed by atoms with Crippen LogP contribution in [0.5, 0.6) is 0 Å². The average Bonchev–Trinajstić information content (AvgIpc) is 2.49. The molecular formula is C19H32N2O3. The third-order valence-corrected chi connectivity index (χ3v) is 3.61. The lowest BCUT2D eigenvalue weighted by Crippen LogP contribution is -2.54. The molecule has 2 atom stereocenters. The van der Waals surface area contributed by atoms with Crippen molar-refractivity contribution < 1.29 is 14.6 Å². The molecule has 0 bridgehead atoms. The monoisotopic (exact) mass is 336 g/mol. The highest BCUT2D eigenvalue weighted by atomic mass is 16.6.